The van der Waals surface area contributed by atoms with Gasteiger partial charge in [-0.05, 0) is 56.7 Å². The molecule has 0 unspecified atom stereocenters. The van der Waals surface area contributed by atoms with Crippen molar-refractivity contribution < 1.29 is 9.69 Å². The molecule has 0 aliphatic carbocycles. The Bertz CT molecular complexity index is 839. The van der Waals surface area contributed by atoms with Gasteiger partial charge in [-0.3, -0.25) is 4.79 Å². The van der Waals surface area contributed by atoms with Crippen molar-refractivity contribution in [1.29, 1.82) is 0 Å². The summed E-state index contributed by atoms with van der Waals surface area (Å²) in [7, 11) is 0. The molecule has 2 aromatic carbocycles. The third kappa shape index (κ3) is 3.37. The lowest BCUT2D eigenvalue weighted by molar-refractivity contribution is -0.896. The summed E-state index contributed by atoms with van der Waals surface area (Å²) < 4.78 is 0. The van der Waals surface area contributed by atoms with E-state index in [4.69, 9.17) is 0 Å². The zero-order valence-electron chi connectivity index (χ0n) is 17.5. The summed E-state index contributed by atoms with van der Waals surface area (Å²) >= 11 is 0. The predicted molar refractivity (Wildman–Crippen MR) is 115 cm³/mol. The highest BCUT2D eigenvalue weighted by atomic mass is 16.2. The maximum absolute atomic E-state index is 13.5. The van der Waals surface area contributed by atoms with Crippen LogP contribution in [-0.4, -0.2) is 31.1 Å². The summed E-state index contributed by atoms with van der Waals surface area (Å²) in [6.07, 6.45) is 4.72. The molecule has 4 rings (SSSR count). The molecule has 3 heteroatoms. The third-order valence-electron chi connectivity index (χ3n) is 6.75. The molecule has 1 atom stereocenters. The van der Waals surface area contributed by atoms with E-state index in [2.05, 4.69) is 80.3 Å². The van der Waals surface area contributed by atoms with Crippen molar-refractivity contribution in [3.8, 4) is 0 Å². The highest BCUT2D eigenvalue weighted by Crippen LogP contribution is 2.50. The fourth-order valence-electron chi connectivity index (χ4n) is 5.56. The van der Waals surface area contributed by atoms with Gasteiger partial charge in [-0.2, -0.15) is 0 Å². The van der Waals surface area contributed by atoms with Gasteiger partial charge in [0.05, 0.1) is 13.1 Å². The molecular formula is C25H33N2O+. The number of fused-ring (bicyclic) bond motifs is 1. The lowest BCUT2D eigenvalue weighted by Gasteiger charge is -2.51. The molecule has 3 nitrogen and oxygen atoms in total. The van der Waals surface area contributed by atoms with Gasteiger partial charge in [0.1, 0.15) is 0 Å². The molecule has 0 bridgehead atoms. The summed E-state index contributed by atoms with van der Waals surface area (Å²) in [6.45, 7) is 9.66. The number of carbonyl (C=O) groups is 1. The Hall–Kier alpha value is -2.13. The molecule has 2 aliphatic heterocycles. The molecule has 148 valence electrons. The third-order valence-corrected chi connectivity index (χ3v) is 6.75. The molecule has 0 aromatic heterocycles. The van der Waals surface area contributed by atoms with Crippen molar-refractivity contribution in [1.82, 2.24) is 0 Å². The Morgan fingerprint density at radius 3 is 2.29 bits per heavy atom. The maximum Gasteiger partial charge on any atom is 0.282 e. The number of likely N-dealkylation sites (tertiary alicyclic amines) is 1. The molecule has 2 aromatic rings. The fraction of sp³-hybridized carbons (Fsp3) is 0.480. The zero-order valence-corrected chi connectivity index (χ0v) is 17.5. The molecular weight excluding hydrogens is 344 g/mol. The number of hydrogen-bond acceptors (Lipinski definition) is 1. The largest absolute Gasteiger partial charge is 0.327 e. The maximum atomic E-state index is 13.5. The Balaban J connectivity index is 1.73. The monoisotopic (exact) mass is 377 g/mol. The quantitative estimate of drug-likeness (QED) is 0.869. The summed E-state index contributed by atoms with van der Waals surface area (Å²) in [6, 6.07) is 19.3. The van der Waals surface area contributed by atoms with Crippen molar-refractivity contribution in [2.45, 2.75) is 57.4 Å². The van der Waals surface area contributed by atoms with E-state index in [-0.39, 0.29) is 16.9 Å². The van der Waals surface area contributed by atoms with Gasteiger partial charge in [-0.15, -0.1) is 0 Å². The minimum absolute atomic E-state index is 0.101. The van der Waals surface area contributed by atoms with Gasteiger partial charge in [-0.25, -0.2) is 0 Å². The Morgan fingerprint density at radius 2 is 1.57 bits per heavy atom. The van der Waals surface area contributed by atoms with Crippen LogP contribution in [0.15, 0.2) is 54.6 Å². The van der Waals surface area contributed by atoms with Crippen LogP contribution in [0.1, 0.15) is 57.6 Å². The molecule has 28 heavy (non-hydrogen) atoms. The predicted octanol–water partition coefficient (Wildman–Crippen LogP) is 3.58. The highest BCUT2D eigenvalue weighted by molar-refractivity contribution is 5.97. The van der Waals surface area contributed by atoms with Gasteiger partial charge in [0, 0.05) is 16.6 Å². The normalized spacial score (nSPS) is 24.6. The van der Waals surface area contributed by atoms with Gasteiger partial charge in [-0.1, -0.05) is 55.5 Å². The number of benzene rings is 2. The molecule has 1 amide bonds. The van der Waals surface area contributed by atoms with Gasteiger partial charge in [0.2, 0.25) is 0 Å². The van der Waals surface area contributed by atoms with Crippen molar-refractivity contribution in [2.24, 2.45) is 0 Å². The summed E-state index contributed by atoms with van der Waals surface area (Å²) in [5, 5.41) is 0. The van der Waals surface area contributed by atoms with Crippen LogP contribution >= 0.6 is 0 Å². The lowest BCUT2D eigenvalue weighted by Crippen LogP contribution is -3.14. The number of para-hydroxylation sites is 1. The van der Waals surface area contributed by atoms with Crippen LogP contribution in [0.5, 0.6) is 0 Å². The van der Waals surface area contributed by atoms with E-state index in [1.54, 1.807) is 0 Å². The SMILES string of the molecule is CC1(C)C[C@@](C)(c2ccccc2)c2ccccc2N1C(=O)C[NH+]1CCCCC1. The Labute approximate surface area is 169 Å². The molecule has 0 spiro atoms. The fourth-order valence-corrected chi connectivity index (χ4v) is 5.56. The summed E-state index contributed by atoms with van der Waals surface area (Å²) in [5.74, 6) is 0.268. The van der Waals surface area contributed by atoms with E-state index in [1.807, 2.05) is 0 Å². The molecule has 2 heterocycles. The van der Waals surface area contributed by atoms with E-state index in [0.717, 1.165) is 25.2 Å². The van der Waals surface area contributed by atoms with Gasteiger partial charge in [0.15, 0.2) is 6.54 Å². The molecule has 1 fully saturated rings. The van der Waals surface area contributed by atoms with Crippen LogP contribution in [0.25, 0.3) is 0 Å². The number of quaternary nitrogens is 1. The summed E-state index contributed by atoms with van der Waals surface area (Å²) in [5.41, 5.74) is 3.35. The van der Waals surface area contributed by atoms with Crippen LogP contribution in [0.4, 0.5) is 5.69 Å². The number of amides is 1. The van der Waals surface area contributed by atoms with Crippen molar-refractivity contribution in [3.63, 3.8) is 0 Å². The Morgan fingerprint density at radius 1 is 0.929 bits per heavy atom. The van der Waals surface area contributed by atoms with E-state index < -0.39 is 0 Å². The molecule has 0 radical (unpaired) electrons. The average Bonchev–Trinajstić information content (AvgIpc) is 2.69. The second-order valence-corrected chi connectivity index (χ2v) is 9.42. The van der Waals surface area contributed by atoms with Crippen LogP contribution in [-0.2, 0) is 10.2 Å². The van der Waals surface area contributed by atoms with Crippen molar-refractivity contribution in [2.75, 3.05) is 24.5 Å². The first-order valence-electron chi connectivity index (χ1n) is 10.7. The zero-order chi connectivity index (χ0) is 19.8. The van der Waals surface area contributed by atoms with Gasteiger partial charge < -0.3 is 9.80 Å². The smallest absolute Gasteiger partial charge is 0.282 e. The van der Waals surface area contributed by atoms with Gasteiger partial charge in [0.25, 0.3) is 5.91 Å². The lowest BCUT2D eigenvalue weighted by atomic mass is 9.65. The Kier molecular flexibility index (Phi) is 5.05. The van der Waals surface area contributed by atoms with Crippen LogP contribution in [0, 0.1) is 0 Å². The number of piperidine rings is 1. The van der Waals surface area contributed by atoms with Crippen LogP contribution in [0.3, 0.4) is 0 Å². The molecule has 0 saturated carbocycles. The van der Waals surface area contributed by atoms with Crippen LogP contribution in [0.2, 0.25) is 0 Å². The average molecular weight is 378 g/mol. The second-order valence-electron chi connectivity index (χ2n) is 9.42. The number of nitrogens with zero attached hydrogens (tertiary/aromatic N) is 1. The first-order chi connectivity index (χ1) is 13.4. The second kappa shape index (κ2) is 7.36. The number of hydrogen-bond donors (Lipinski definition) is 1. The number of anilines is 1. The molecule has 1 saturated heterocycles. The first-order valence-corrected chi connectivity index (χ1v) is 10.7. The van der Waals surface area contributed by atoms with Gasteiger partial charge >= 0.3 is 0 Å². The number of rotatable bonds is 3. The van der Waals surface area contributed by atoms with Crippen molar-refractivity contribution in [3.05, 3.63) is 65.7 Å². The first kappa shape index (κ1) is 19.2. The number of nitrogens with one attached hydrogen (secondary N) is 1. The van der Waals surface area contributed by atoms with Crippen LogP contribution < -0.4 is 9.80 Å². The topological polar surface area (TPSA) is 24.8 Å². The minimum atomic E-state index is -0.231. The van der Waals surface area contributed by atoms with E-state index in [1.165, 1.54) is 35.3 Å². The molecule has 2 aliphatic rings. The van der Waals surface area contributed by atoms with Crippen molar-refractivity contribution >= 4 is 11.6 Å². The van der Waals surface area contributed by atoms with E-state index in [0.29, 0.717) is 6.54 Å². The minimum Gasteiger partial charge on any atom is -0.327 e. The van der Waals surface area contributed by atoms with E-state index >= 15 is 0 Å². The van der Waals surface area contributed by atoms with E-state index in [9.17, 15) is 4.79 Å². The number of carbonyl (C=O) groups excluding carboxylic acids is 1. The summed E-state index contributed by atoms with van der Waals surface area (Å²) in [4.78, 5) is 17.0. The standard InChI is InChI=1S/C25H32N2O/c1-24(2)19-25(3,20-12-6-4-7-13-20)21-14-8-9-15-22(21)27(24)23(28)18-26-16-10-5-11-17-26/h4,6-9,12-15H,5,10-11,16-19H2,1-3H3/p+1/t25-/m0/s1. The highest BCUT2D eigenvalue weighted by Gasteiger charge is 2.48. The molecule has 1 N–H and O–H groups in total.